The third-order valence-electron chi connectivity index (χ3n) is 3.48. The van der Waals surface area contributed by atoms with Gasteiger partial charge in [-0.25, -0.2) is 4.79 Å². The van der Waals surface area contributed by atoms with Gasteiger partial charge in [0.1, 0.15) is 23.9 Å². The van der Waals surface area contributed by atoms with Crippen LogP contribution in [0.2, 0.25) is 0 Å². The zero-order valence-corrected chi connectivity index (χ0v) is 14.2. The Hall–Kier alpha value is -2.93. The predicted octanol–water partition coefficient (Wildman–Crippen LogP) is 2.75. The van der Waals surface area contributed by atoms with Crippen LogP contribution >= 0.6 is 0 Å². The fourth-order valence-electron chi connectivity index (χ4n) is 2.17. The van der Waals surface area contributed by atoms with Crippen molar-refractivity contribution in [2.45, 2.75) is 13.5 Å². The second-order valence-corrected chi connectivity index (χ2v) is 5.42. The van der Waals surface area contributed by atoms with Gasteiger partial charge in [0.25, 0.3) is 0 Å². The fourth-order valence-corrected chi connectivity index (χ4v) is 2.17. The first-order valence-corrected chi connectivity index (χ1v) is 7.78. The Morgan fingerprint density at radius 2 is 1.84 bits per heavy atom. The maximum absolute atomic E-state index is 12.1. The Morgan fingerprint density at radius 3 is 2.52 bits per heavy atom. The minimum absolute atomic E-state index is 0.0178. The van der Waals surface area contributed by atoms with E-state index in [4.69, 9.17) is 9.47 Å². The number of phenols is 2. The number of benzene rings is 2. The number of urea groups is 1. The smallest absolute Gasteiger partial charge is 0.319 e. The molecule has 0 aliphatic rings. The molecule has 2 aromatic rings. The van der Waals surface area contributed by atoms with Crippen LogP contribution in [0.25, 0.3) is 0 Å². The molecule has 7 heteroatoms. The second kappa shape index (κ2) is 8.79. The summed E-state index contributed by atoms with van der Waals surface area (Å²) in [6.45, 7) is 2.71. The molecule has 2 amide bonds. The molecule has 0 aliphatic heterocycles. The largest absolute Gasteiger partial charge is 0.507 e. The molecule has 0 aliphatic carbocycles. The molecule has 2 rings (SSSR count). The summed E-state index contributed by atoms with van der Waals surface area (Å²) in [5.74, 6) is 0.371. The summed E-state index contributed by atoms with van der Waals surface area (Å²) in [5.41, 5.74) is 1.76. The first kappa shape index (κ1) is 18.4. The van der Waals surface area contributed by atoms with E-state index in [1.807, 2.05) is 19.1 Å². The van der Waals surface area contributed by atoms with Crippen molar-refractivity contribution in [3.05, 3.63) is 47.5 Å². The maximum atomic E-state index is 12.1. The van der Waals surface area contributed by atoms with Gasteiger partial charge in [0.05, 0.1) is 24.4 Å². The molecule has 0 saturated heterocycles. The van der Waals surface area contributed by atoms with Crippen molar-refractivity contribution in [3.63, 3.8) is 0 Å². The van der Waals surface area contributed by atoms with E-state index in [2.05, 4.69) is 10.6 Å². The highest BCUT2D eigenvalue weighted by atomic mass is 16.5. The third-order valence-corrected chi connectivity index (χ3v) is 3.48. The second-order valence-electron chi connectivity index (χ2n) is 5.42. The molecule has 0 heterocycles. The van der Waals surface area contributed by atoms with Gasteiger partial charge in [-0.05, 0) is 36.8 Å². The average molecular weight is 346 g/mol. The Bertz CT molecular complexity index is 713. The van der Waals surface area contributed by atoms with Gasteiger partial charge in [0.2, 0.25) is 0 Å². The standard InChI is InChI=1S/C18H22N2O5/c1-12-6-7-14(17(10-12)25-9-8-24-2)20-18(23)19-11-13-15(21)4-3-5-16(13)22/h3-7,10,21-22H,8-9,11H2,1-2H3,(H2,19,20,23). The van der Waals surface area contributed by atoms with E-state index in [1.54, 1.807) is 13.2 Å². The van der Waals surface area contributed by atoms with Crippen molar-refractivity contribution in [2.24, 2.45) is 0 Å². The number of hydrogen-bond acceptors (Lipinski definition) is 5. The third kappa shape index (κ3) is 5.29. The normalized spacial score (nSPS) is 10.3. The molecule has 0 bridgehead atoms. The van der Waals surface area contributed by atoms with Crippen LogP contribution in [-0.2, 0) is 11.3 Å². The summed E-state index contributed by atoms with van der Waals surface area (Å²) in [6.07, 6.45) is 0. The lowest BCUT2D eigenvalue weighted by Gasteiger charge is -2.14. The molecule has 25 heavy (non-hydrogen) atoms. The van der Waals surface area contributed by atoms with E-state index < -0.39 is 6.03 Å². The van der Waals surface area contributed by atoms with Crippen LogP contribution in [-0.4, -0.2) is 36.6 Å². The van der Waals surface area contributed by atoms with Crippen molar-refractivity contribution in [3.8, 4) is 17.2 Å². The molecule has 2 aromatic carbocycles. The summed E-state index contributed by atoms with van der Waals surface area (Å²) in [4.78, 5) is 12.1. The summed E-state index contributed by atoms with van der Waals surface area (Å²) in [6, 6.07) is 9.34. The number of amides is 2. The van der Waals surface area contributed by atoms with Gasteiger partial charge >= 0.3 is 6.03 Å². The van der Waals surface area contributed by atoms with E-state index in [0.29, 0.717) is 24.7 Å². The number of carbonyl (C=O) groups is 1. The molecule has 4 N–H and O–H groups in total. The molecule has 0 radical (unpaired) electrons. The summed E-state index contributed by atoms with van der Waals surface area (Å²) in [7, 11) is 1.58. The number of ether oxygens (including phenoxy) is 2. The number of aryl methyl sites for hydroxylation is 1. The number of nitrogens with one attached hydrogen (secondary N) is 2. The van der Waals surface area contributed by atoms with Gasteiger partial charge in [-0.1, -0.05) is 12.1 Å². The Balaban J connectivity index is 2.00. The molecule has 7 nitrogen and oxygen atoms in total. The highest BCUT2D eigenvalue weighted by Crippen LogP contribution is 2.27. The highest BCUT2D eigenvalue weighted by molar-refractivity contribution is 5.91. The molecule has 0 aromatic heterocycles. The van der Waals surface area contributed by atoms with Gasteiger partial charge in [-0.15, -0.1) is 0 Å². The molecule has 0 fully saturated rings. The Labute approximate surface area is 146 Å². The van der Waals surface area contributed by atoms with Crippen LogP contribution < -0.4 is 15.4 Å². The molecule has 0 atom stereocenters. The first-order valence-electron chi connectivity index (χ1n) is 7.78. The Kier molecular flexibility index (Phi) is 6.47. The summed E-state index contributed by atoms with van der Waals surface area (Å²) in [5, 5.41) is 24.7. The molecule has 134 valence electrons. The lowest BCUT2D eigenvalue weighted by Crippen LogP contribution is -2.28. The molecule has 0 spiro atoms. The van der Waals surface area contributed by atoms with Crippen LogP contribution in [0.15, 0.2) is 36.4 Å². The van der Waals surface area contributed by atoms with Crippen LogP contribution in [0.3, 0.4) is 0 Å². The minimum Gasteiger partial charge on any atom is -0.507 e. The molecular weight excluding hydrogens is 324 g/mol. The highest BCUT2D eigenvalue weighted by Gasteiger charge is 2.11. The first-order chi connectivity index (χ1) is 12.0. The van der Waals surface area contributed by atoms with Gasteiger partial charge in [0, 0.05) is 7.11 Å². The minimum atomic E-state index is -0.483. The van der Waals surface area contributed by atoms with E-state index in [-0.39, 0.29) is 23.6 Å². The van der Waals surface area contributed by atoms with Crippen LogP contribution in [0.5, 0.6) is 17.2 Å². The van der Waals surface area contributed by atoms with Crippen molar-refractivity contribution < 1.29 is 24.5 Å². The SMILES string of the molecule is COCCOc1cc(C)ccc1NC(=O)NCc1c(O)cccc1O. The van der Waals surface area contributed by atoms with Crippen molar-refractivity contribution in [1.82, 2.24) is 5.32 Å². The molecular formula is C18H22N2O5. The number of phenolic OH excluding ortho intramolecular Hbond substituents is 2. The number of carbonyl (C=O) groups excluding carboxylic acids is 1. The van der Waals surface area contributed by atoms with Crippen molar-refractivity contribution >= 4 is 11.7 Å². The summed E-state index contributed by atoms with van der Waals surface area (Å²) < 4.78 is 10.6. The van der Waals surface area contributed by atoms with E-state index in [9.17, 15) is 15.0 Å². The van der Waals surface area contributed by atoms with E-state index in [1.165, 1.54) is 18.2 Å². The maximum Gasteiger partial charge on any atom is 0.319 e. The van der Waals surface area contributed by atoms with E-state index in [0.717, 1.165) is 5.56 Å². The topological polar surface area (TPSA) is 100 Å². The van der Waals surface area contributed by atoms with Crippen molar-refractivity contribution in [1.29, 1.82) is 0 Å². The molecule has 0 saturated carbocycles. The average Bonchev–Trinajstić information content (AvgIpc) is 2.57. The van der Waals surface area contributed by atoms with Crippen LogP contribution in [0.1, 0.15) is 11.1 Å². The zero-order valence-electron chi connectivity index (χ0n) is 14.2. The lowest BCUT2D eigenvalue weighted by atomic mass is 10.2. The fraction of sp³-hybridized carbons (Fsp3) is 0.278. The number of methoxy groups -OCH3 is 1. The predicted molar refractivity (Wildman–Crippen MR) is 94.2 cm³/mol. The monoisotopic (exact) mass is 346 g/mol. The van der Waals surface area contributed by atoms with Gasteiger partial charge in [0.15, 0.2) is 0 Å². The van der Waals surface area contributed by atoms with Gasteiger partial charge in [-0.3, -0.25) is 0 Å². The summed E-state index contributed by atoms with van der Waals surface area (Å²) >= 11 is 0. The van der Waals surface area contributed by atoms with Crippen LogP contribution in [0.4, 0.5) is 10.5 Å². The lowest BCUT2D eigenvalue weighted by molar-refractivity contribution is 0.146. The number of rotatable bonds is 7. The number of anilines is 1. The Morgan fingerprint density at radius 1 is 1.12 bits per heavy atom. The van der Waals surface area contributed by atoms with Crippen molar-refractivity contribution in [2.75, 3.05) is 25.6 Å². The quantitative estimate of drug-likeness (QED) is 0.578. The van der Waals surface area contributed by atoms with Gasteiger partial charge < -0.3 is 30.3 Å². The van der Waals surface area contributed by atoms with Crippen LogP contribution in [0, 0.1) is 6.92 Å². The number of aromatic hydroxyl groups is 2. The zero-order chi connectivity index (χ0) is 18.2. The number of hydrogen-bond donors (Lipinski definition) is 4. The molecule has 0 unspecified atom stereocenters. The van der Waals surface area contributed by atoms with Gasteiger partial charge in [-0.2, -0.15) is 0 Å². The van der Waals surface area contributed by atoms with E-state index >= 15 is 0 Å².